The molecule has 2 aliphatic carbocycles. The Balaban J connectivity index is 1.44. The summed E-state index contributed by atoms with van der Waals surface area (Å²) in [5.41, 5.74) is 2.87. The van der Waals surface area contributed by atoms with E-state index >= 15 is 0 Å². The number of rotatable bonds is 6. The summed E-state index contributed by atoms with van der Waals surface area (Å²) in [6, 6.07) is 10.5. The van der Waals surface area contributed by atoms with Gasteiger partial charge in [-0.2, -0.15) is 0 Å². The van der Waals surface area contributed by atoms with E-state index in [0.717, 1.165) is 48.0 Å². The lowest BCUT2D eigenvalue weighted by atomic mass is 10.1. The minimum atomic E-state index is -0.144. The number of hydrogen-bond acceptors (Lipinski definition) is 5. The average molecular weight is 483 g/mol. The maximum Gasteiger partial charge on any atom is 0.319 e. The molecule has 1 atom stereocenters. The Hall–Kier alpha value is -2.32. The zero-order valence-electron chi connectivity index (χ0n) is 20.6. The maximum absolute atomic E-state index is 12.1. The molecule has 2 heterocycles. The number of nitrogens with zero attached hydrogens (tertiary/aromatic N) is 3. The lowest BCUT2D eigenvalue weighted by molar-refractivity contribution is 0.0985. The second-order valence-electron chi connectivity index (χ2n) is 10.8. The van der Waals surface area contributed by atoms with Crippen molar-refractivity contribution in [3.8, 4) is 11.4 Å². The summed E-state index contributed by atoms with van der Waals surface area (Å²) < 4.78 is 6.00. The van der Waals surface area contributed by atoms with Gasteiger partial charge in [-0.3, -0.25) is 0 Å². The number of aromatic nitrogens is 2. The highest BCUT2D eigenvalue weighted by Gasteiger charge is 2.57. The van der Waals surface area contributed by atoms with Crippen molar-refractivity contribution in [2.24, 2.45) is 0 Å². The Morgan fingerprint density at radius 3 is 2.53 bits per heavy atom. The second kappa shape index (κ2) is 9.04. The first-order chi connectivity index (χ1) is 16.2. The van der Waals surface area contributed by atoms with Gasteiger partial charge in [0.15, 0.2) is 10.6 Å². The molecule has 5 rings (SSSR count). The van der Waals surface area contributed by atoms with Gasteiger partial charge in [0.05, 0.1) is 19.3 Å². The third-order valence-electron chi connectivity index (χ3n) is 6.44. The van der Waals surface area contributed by atoms with Gasteiger partial charge in [0.2, 0.25) is 0 Å². The van der Waals surface area contributed by atoms with Crippen LogP contribution in [0.4, 0.5) is 16.3 Å². The predicted molar refractivity (Wildman–Crippen MR) is 140 cm³/mol. The summed E-state index contributed by atoms with van der Waals surface area (Å²) >= 11 is 1.42. The molecule has 1 saturated heterocycles. The molecule has 1 aromatic heterocycles. The molecule has 34 heavy (non-hydrogen) atoms. The van der Waals surface area contributed by atoms with Crippen molar-refractivity contribution in [2.45, 2.75) is 75.0 Å². The zero-order valence-corrected chi connectivity index (χ0v) is 21.5. The van der Waals surface area contributed by atoms with Crippen LogP contribution in [0.1, 0.15) is 59.1 Å². The van der Waals surface area contributed by atoms with E-state index in [1.54, 1.807) is 0 Å². The third kappa shape index (κ3) is 5.49. The van der Waals surface area contributed by atoms with Crippen LogP contribution in [-0.4, -0.2) is 52.6 Å². The van der Waals surface area contributed by atoms with E-state index in [4.69, 9.17) is 14.7 Å². The van der Waals surface area contributed by atoms with E-state index in [2.05, 4.69) is 49.3 Å². The molecule has 2 N–H and O–H groups in total. The van der Waals surface area contributed by atoms with Gasteiger partial charge in [0, 0.05) is 42.7 Å². The first kappa shape index (κ1) is 23.4. The van der Waals surface area contributed by atoms with Crippen LogP contribution in [0.5, 0.6) is 0 Å². The van der Waals surface area contributed by atoms with E-state index in [1.165, 1.54) is 24.6 Å². The van der Waals surface area contributed by atoms with Crippen LogP contribution in [0, 0.1) is 0 Å². The molecule has 0 unspecified atom stereocenters. The molecule has 2 amide bonds. The standard InChI is InChI=1S/C26H35N5O2S/c1-17-16-33-14-13-31(17)22-15-21(26(11-12-26)34-25(2,3)4)29-23(30-22)18-5-7-19(8-6-18)27-24(32)28-20-9-10-20/h5-8,15,17,20H,9-14,16H2,1-4H3,(H2,27,28,32)/p+1/t17-/m0/s1. The molecule has 0 radical (unpaired) electrons. The van der Waals surface area contributed by atoms with Gasteiger partial charge in [-0.25, -0.2) is 14.8 Å². The van der Waals surface area contributed by atoms with Gasteiger partial charge in [0.1, 0.15) is 16.3 Å². The Morgan fingerprint density at radius 2 is 1.91 bits per heavy atom. The molecular weight excluding hydrogens is 446 g/mol. The number of amides is 2. The molecule has 0 spiro atoms. The molecule has 1 aromatic carbocycles. The van der Waals surface area contributed by atoms with Crippen molar-refractivity contribution in [1.29, 1.82) is 0 Å². The highest BCUT2D eigenvalue weighted by molar-refractivity contribution is 7.81. The van der Waals surface area contributed by atoms with Crippen LogP contribution in [0.25, 0.3) is 11.4 Å². The van der Waals surface area contributed by atoms with E-state index in [-0.39, 0.29) is 21.6 Å². The monoisotopic (exact) mass is 482 g/mol. The highest BCUT2D eigenvalue weighted by atomic mass is 32.2. The minimum absolute atomic E-state index is 0.114. The summed E-state index contributed by atoms with van der Waals surface area (Å²) in [6.45, 7) is 11.3. The van der Waals surface area contributed by atoms with Crippen molar-refractivity contribution in [3.63, 3.8) is 0 Å². The lowest BCUT2D eigenvalue weighted by Gasteiger charge is -2.34. The first-order valence-electron chi connectivity index (χ1n) is 12.4. The Kier molecular flexibility index (Phi) is 6.23. The van der Waals surface area contributed by atoms with Crippen molar-refractivity contribution in [3.05, 3.63) is 36.0 Å². The number of thiol groups is 1. The lowest BCUT2D eigenvalue weighted by Crippen LogP contribution is -2.44. The molecule has 2 aromatic rings. The second-order valence-corrected chi connectivity index (χ2v) is 13.2. The normalized spacial score (nSPS) is 21.8. The smallest absolute Gasteiger partial charge is 0.319 e. The summed E-state index contributed by atoms with van der Waals surface area (Å²) in [4.78, 5) is 24.5. The number of morpholine rings is 1. The molecule has 3 aliphatic rings. The van der Waals surface area contributed by atoms with Crippen LogP contribution < -0.4 is 15.5 Å². The maximum atomic E-state index is 12.1. The molecule has 1 aliphatic heterocycles. The van der Waals surface area contributed by atoms with E-state index < -0.39 is 0 Å². The van der Waals surface area contributed by atoms with Gasteiger partial charge in [-0.1, -0.05) is 0 Å². The van der Waals surface area contributed by atoms with Crippen LogP contribution in [-0.2, 0) is 21.2 Å². The van der Waals surface area contributed by atoms with E-state index in [1.807, 2.05) is 24.3 Å². The quantitative estimate of drug-likeness (QED) is 0.475. The van der Waals surface area contributed by atoms with Crippen LogP contribution in [0.15, 0.2) is 30.3 Å². The van der Waals surface area contributed by atoms with Gasteiger partial charge >= 0.3 is 6.03 Å². The number of benzene rings is 1. The first-order valence-corrected chi connectivity index (χ1v) is 13.3. The zero-order chi connectivity index (χ0) is 23.9. The van der Waals surface area contributed by atoms with Gasteiger partial charge < -0.3 is 20.3 Å². The molecule has 2 saturated carbocycles. The molecule has 7 nitrogen and oxygen atoms in total. The van der Waals surface area contributed by atoms with E-state index in [9.17, 15) is 4.79 Å². The summed E-state index contributed by atoms with van der Waals surface area (Å²) in [7, 11) is 0. The third-order valence-corrected chi connectivity index (χ3v) is 8.21. The number of anilines is 2. The minimum Gasteiger partial charge on any atom is -0.377 e. The number of carbonyl (C=O) groups excluding carboxylic acids is 1. The van der Waals surface area contributed by atoms with Crippen molar-refractivity contribution in [1.82, 2.24) is 15.3 Å². The van der Waals surface area contributed by atoms with Crippen molar-refractivity contribution >= 4 is 29.3 Å². The van der Waals surface area contributed by atoms with E-state index in [0.29, 0.717) is 19.3 Å². The summed E-state index contributed by atoms with van der Waals surface area (Å²) in [5.74, 6) is 1.73. The fourth-order valence-electron chi connectivity index (χ4n) is 4.49. The van der Waals surface area contributed by atoms with Crippen LogP contribution in [0.3, 0.4) is 0 Å². The van der Waals surface area contributed by atoms with Gasteiger partial charge in [-0.15, -0.1) is 0 Å². The van der Waals surface area contributed by atoms with Gasteiger partial charge in [-0.05, 0) is 76.6 Å². The number of hydrogen-bond donors (Lipinski definition) is 2. The van der Waals surface area contributed by atoms with Crippen molar-refractivity contribution in [2.75, 3.05) is 30.0 Å². The molecular formula is C26H36N5O2S+. The number of urea groups is 1. The summed E-state index contributed by atoms with van der Waals surface area (Å²) in [5, 5.41) is 5.87. The topological polar surface area (TPSA) is 79.4 Å². The Bertz CT molecular complexity index is 1040. The summed E-state index contributed by atoms with van der Waals surface area (Å²) in [6.07, 6.45) is 4.47. The predicted octanol–water partition coefficient (Wildman–Crippen LogP) is 4.26. The molecule has 182 valence electrons. The Labute approximate surface area is 206 Å². The fourth-order valence-corrected chi connectivity index (χ4v) is 6.33. The van der Waals surface area contributed by atoms with Crippen LogP contribution in [0.2, 0.25) is 0 Å². The Morgan fingerprint density at radius 1 is 1.18 bits per heavy atom. The average Bonchev–Trinajstić information content (AvgIpc) is 3.71. The largest absolute Gasteiger partial charge is 0.377 e. The SMILES string of the molecule is C[C@H]1COCCN1c1cc(C2([SH+]C(C)(C)C)CC2)nc(-c2ccc(NC(=O)NC3CC3)cc2)n1. The van der Waals surface area contributed by atoms with Crippen molar-refractivity contribution < 1.29 is 9.53 Å². The molecule has 3 fully saturated rings. The molecule has 8 heteroatoms. The number of carbonyl (C=O) groups is 1. The molecule has 0 bridgehead atoms. The van der Waals surface area contributed by atoms with Gasteiger partial charge in [0.25, 0.3) is 0 Å². The highest BCUT2D eigenvalue weighted by Crippen LogP contribution is 2.52. The number of ether oxygens (including phenoxy) is 1. The number of nitrogens with one attached hydrogen (secondary N) is 2. The fraction of sp³-hybridized carbons (Fsp3) is 0.577. The van der Waals surface area contributed by atoms with Crippen LogP contribution >= 0.6 is 0 Å².